The summed E-state index contributed by atoms with van der Waals surface area (Å²) in [6, 6.07) is 9.33. The summed E-state index contributed by atoms with van der Waals surface area (Å²) in [5, 5.41) is 2.51. The average molecular weight is 377 g/mol. The Hall–Kier alpha value is -2.71. The number of hydrogen-bond acceptors (Lipinski definition) is 2. The number of halogens is 6. The van der Waals surface area contributed by atoms with E-state index in [-0.39, 0.29) is 17.9 Å². The molecule has 0 heterocycles. The number of rotatable bonds is 5. The van der Waals surface area contributed by atoms with Gasteiger partial charge < -0.3 is 10.1 Å². The van der Waals surface area contributed by atoms with Crippen LogP contribution in [0.3, 0.4) is 0 Å². The summed E-state index contributed by atoms with van der Waals surface area (Å²) in [6.45, 7) is -1.35. The summed E-state index contributed by atoms with van der Waals surface area (Å²) >= 11 is 0. The quantitative estimate of drug-likeness (QED) is 0.775. The molecule has 0 radical (unpaired) electrons. The summed E-state index contributed by atoms with van der Waals surface area (Å²) < 4.78 is 78.1. The topological polar surface area (TPSA) is 38.3 Å². The van der Waals surface area contributed by atoms with Crippen molar-refractivity contribution in [2.24, 2.45) is 0 Å². The van der Waals surface area contributed by atoms with Crippen molar-refractivity contribution >= 4 is 5.91 Å². The number of nitrogens with one attached hydrogen (secondary N) is 1. The van der Waals surface area contributed by atoms with Crippen LogP contribution in [0.25, 0.3) is 0 Å². The zero-order valence-electron chi connectivity index (χ0n) is 13.1. The van der Waals surface area contributed by atoms with E-state index in [0.717, 1.165) is 24.3 Å². The van der Waals surface area contributed by atoms with Crippen LogP contribution in [0.5, 0.6) is 5.75 Å². The minimum atomic E-state index is -4.48. The Kier molecular flexibility index (Phi) is 5.79. The van der Waals surface area contributed by atoms with E-state index in [9.17, 15) is 31.1 Å². The Labute approximate surface area is 144 Å². The fraction of sp³-hybridized carbons (Fsp3) is 0.235. The second-order valence-electron chi connectivity index (χ2n) is 5.31. The van der Waals surface area contributed by atoms with Crippen molar-refractivity contribution in [2.45, 2.75) is 18.9 Å². The van der Waals surface area contributed by atoms with Gasteiger partial charge in [0.2, 0.25) is 0 Å². The number of alkyl halides is 6. The minimum absolute atomic E-state index is 0.0279. The summed E-state index contributed by atoms with van der Waals surface area (Å²) in [4.78, 5) is 11.9. The van der Waals surface area contributed by atoms with Crippen LogP contribution >= 0.6 is 0 Å². The van der Waals surface area contributed by atoms with Crippen LogP contribution in [0.2, 0.25) is 0 Å². The third-order valence-electron chi connectivity index (χ3n) is 3.25. The molecule has 0 atom stereocenters. The highest BCUT2D eigenvalue weighted by Gasteiger charge is 2.30. The molecule has 2 aromatic carbocycles. The second kappa shape index (κ2) is 7.67. The zero-order valence-corrected chi connectivity index (χ0v) is 13.1. The monoisotopic (exact) mass is 377 g/mol. The maximum Gasteiger partial charge on any atom is 0.422 e. The SMILES string of the molecule is O=C(NCc1ccc(OCC(F)(F)F)cc1)c1ccc(C(F)(F)F)cc1. The Balaban J connectivity index is 1.89. The molecule has 2 rings (SSSR count). The van der Waals surface area contributed by atoms with Crippen LogP contribution in [0.15, 0.2) is 48.5 Å². The Morgan fingerprint density at radius 2 is 1.46 bits per heavy atom. The largest absolute Gasteiger partial charge is 0.484 e. The fourth-order valence-electron chi connectivity index (χ4n) is 1.96. The lowest BCUT2D eigenvalue weighted by molar-refractivity contribution is -0.153. The molecule has 0 aromatic heterocycles. The van der Waals surface area contributed by atoms with Gasteiger partial charge in [-0.2, -0.15) is 26.3 Å². The van der Waals surface area contributed by atoms with Gasteiger partial charge in [0.05, 0.1) is 5.56 Å². The molecule has 0 unspecified atom stereocenters. The molecule has 26 heavy (non-hydrogen) atoms. The van der Waals surface area contributed by atoms with Gasteiger partial charge in [-0.3, -0.25) is 4.79 Å². The molecule has 0 spiro atoms. The van der Waals surface area contributed by atoms with Crippen LogP contribution in [0.4, 0.5) is 26.3 Å². The van der Waals surface area contributed by atoms with Crippen molar-refractivity contribution in [3.8, 4) is 5.75 Å². The predicted octanol–water partition coefficient (Wildman–Crippen LogP) is 4.58. The van der Waals surface area contributed by atoms with Crippen LogP contribution in [0, 0.1) is 0 Å². The van der Waals surface area contributed by atoms with Crippen LogP contribution < -0.4 is 10.1 Å². The number of hydrogen-bond donors (Lipinski definition) is 1. The van der Waals surface area contributed by atoms with E-state index >= 15 is 0 Å². The number of amides is 1. The van der Waals surface area contributed by atoms with E-state index in [0.29, 0.717) is 5.56 Å². The van der Waals surface area contributed by atoms with Gasteiger partial charge in [0.15, 0.2) is 6.61 Å². The highest BCUT2D eigenvalue weighted by Crippen LogP contribution is 2.29. The van der Waals surface area contributed by atoms with Crippen molar-refractivity contribution in [1.29, 1.82) is 0 Å². The van der Waals surface area contributed by atoms with Gasteiger partial charge in [-0.1, -0.05) is 12.1 Å². The van der Waals surface area contributed by atoms with Crippen molar-refractivity contribution in [2.75, 3.05) is 6.61 Å². The van der Waals surface area contributed by atoms with Gasteiger partial charge in [0.1, 0.15) is 5.75 Å². The fourth-order valence-corrected chi connectivity index (χ4v) is 1.96. The number of carbonyl (C=O) groups is 1. The summed E-state index contributed by atoms with van der Waals surface area (Å²) in [5.41, 5.74) is -0.212. The van der Waals surface area contributed by atoms with Gasteiger partial charge in [-0.15, -0.1) is 0 Å². The standard InChI is InChI=1S/C17H13F6NO2/c18-16(19,20)10-26-14-7-1-11(2-8-14)9-24-15(25)12-3-5-13(6-4-12)17(21,22)23/h1-8H,9-10H2,(H,24,25). The highest BCUT2D eigenvalue weighted by atomic mass is 19.4. The maximum atomic E-state index is 12.5. The molecule has 0 aliphatic heterocycles. The molecule has 0 aliphatic rings. The zero-order chi connectivity index (χ0) is 19.4. The third kappa shape index (κ3) is 5.98. The summed E-state index contributed by atoms with van der Waals surface area (Å²) in [5.74, 6) is -0.545. The van der Waals surface area contributed by atoms with Gasteiger partial charge in [0.25, 0.3) is 5.91 Å². The van der Waals surface area contributed by atoms with Gasteiger partial charge in [-0.05, 0) is 42.0 Å². The molecule has 0 aliphatic carbocycles. The Morgan fingerprint density at radius 3 is 1.96 bits per heavy atom. The molecule has 140 valence electrons. The molecule has 1 N–H and O–H groups in total. The predicted molar refractivity (Wildman–Crippen MR) is 80.6 cm³/mol. The van der Waals surface area contributed by atoms with Crippen molar-refractivity contribution in [3.63, 3.8) is 0 Å². The molecule has 9 heteroatoms. The minimum Gasteiger partial charge on any atom is -0.484 e. The molecule has 1 amide bonds. The first-order valence-electron chi connectivity index (χ1n) is 7.28. The molecule has 0 bridgehead atoms. The van der Waals surface area contributed by atoms with E-state index in [2.05, 4.69) is 10.1 Å². The summed E-state index contributed by atoms with van der Waals surface area (Å²) in [7, 11) is 0. The molecular formula is C17H13F6NO2. The number of carbonyl (C=O) groups excluding carboxylic acids is 1. The third-order valence-corrected chi connectivity index (χ3v) is 3.25. The first kappa shape index (κ1) is 19.6. The number of ether oxygens (including phenoxy) is 1. The van der Waals surface area contributed by atoms with Crippen LogP contribution in [-0.4, -0.2) is 18.7 Å². The smallest absolute Gasteiger partial charge is 0.422 e. The van der Waals surface area contributed by atoms with Crippen molar-refractivity contribution in [1.82, 2.24) is 5.32 Å². The normalized spacial score (nSPS) is 11.9. The van der Waals surface area contributed by atoms with Crippen LogP contribution in [-0.2, 0) is 12.7 Å². The van der Waals surface area contributed by atoms with E-state index in [1.165, 1.54) is 24.3 Å². The Morgan fingerprint density at radius 1 is 0.885 bits per heavy atom. The molecule has 2 aromatic rings. The Bertz CT molecular complexity index is 736. The molecule has 0 fully saturated rings. The van der Waals surface area contributed by atoms with Crippen molar-refractivity contribution < 1.29 is 35.9 Å². The molecule has 3 nitrogen and oxygen atoms in total. The van der Waals surface area contributed by atoms with Gasteiger partial charge >= 0.3 is 12.4 Å². The second-order valence-corrected chi connectivity index (χ2v) is 5.31. The van der Waals surface area contributed by atoms with E-state index in [4.69, 9.17) is 0 Å². The number of benzene rings is 2. The van der Waals surface area contributed by atoms with E-state index in [1.54, 1.807) is 0 Å². The first-order valence-corrected chi connectivity index (χ1v) is 7.28. The average Bonchev–Trinajstić information content (AvgIpc) is 2.57. The molecule has 0 saturated carbocycles. The van der Waals surface area contributed by atoms with E-state index < -0.39 is 30.4 Å². The highest BCUT2D eigenvalue weighted by molar-refractivity contribution is 5.94. The van der Waals surface area contributed by atoms with E-state index in [1.807, 2.05) is 0 Å². The summed E-state index contributed by atoms with van der Waals surface area (Å²) in [6.07, 6.45) is -8.92. The lowest BCUT2D eigenvalue weighted by Gasteiger charge is -2.10. The van der Waals surface area contributed by atoms with Gasteiger partial charge in [0, 0.05) is 12.1 Å². The van der Waals surface area contributed by atoms with Crippen molar-refractivity contribution in [3.05, 3.63) is 65.2 Å². The van der Waals surface area contributed by atoms with Crippen LogP contribution in [0.1, 0.15) is 21.5 Å². The lowest BCUT2D eigenvalue weighted by atomic mass is 10.1. The lowest BCUT2D eigenvalue weighted by Crippen LogP contribution is -2.23. The first-order chi connectivity index (χ1) is 12.0. The molecule has 0 saturated heterocycles. The molecular weight excluding hydrogens is 364 g/mol. The van der Waals surface area contributed by atoms with Gasteiger partial charge in [-0.25, -0.2) is 0 Å². The maximum absolute atomic E-state index is 12.5.